The second-order valence-electron chi connectivity index (χ2n) is 24.2. The van der Waals surface area contributed by atoms with Crippen LogP contribution in [0.4, 0.5) is 5.69 Å². The molecule has 1 aromatic rings. The minimum absolute atomic E-state index is 0.0151. The molecule has 4 rings (SSSR count). The lowest BCUT2D eigenvalue weighted by Crippen LogP contribution is -2.61. The van der Waals surface area contributed by atoms with Crippen molar-refractivity contribution in [2.24, 2.45) is 11.8 Å². The largest absolute Gasteiger partial charge is 0.481 e. The van der Waals surface area contributed by atoms with Gasteiger partial charge in [-0.05, 0) is 82.1 Å². The molecule has 1 saturated carbocycles. The topological polar surface area (TPSA) is 540 Å². The molecule has 3 aliphatic rings. The Labute approximate surface area is 550 Å². The van der Waals surface area contributed by atoms with Crippen LogP contribution < -0.4 is 42.5 Å². The van der Waals surface area contributed by atoms with E-state index in [1.54, 1.807) is 13.8 Å². The second-order valence-corrected chi connectivity index (χ2v) is 24.2. The number of carbonyl (C=O) groups excluding carboxylic acids is 10. The van der Waals surface area contributed by atoms with Gasteiger partial charge in [0.25, 0.3) is 5.69 Å². The Hall–Kier alpha value is -9.86. The van der Waals surface area contributed by atoms with Crippen molar-refractivity contribution in [1.29, 1.82) is 0 Å². The van der Waals surface area contributed by atoms with Gasteiger partial charge >= 0.3 is 35.8 Å². The van der Waals surface area contributed by atoms with E-state index in [1.165, 1.54) is 19.1 Å². The molecule has 11 atom stereocenters. The maximum absolute atomic E-state index is 14.7. The van der Waals surface area contributed by atoms with Crippen LogP contribution >= 0.6 is 0 Å². The summed E-state index contributed by atoms with van der Waals surface area (Å²) in [5.74, 6) is -18.8. The smallest absolute Gasteiger partial charge is 0.326 e. The summed E-state index contributed by atoms with van der Waals surface area (Å²) in [5.41, 5.74) is -0.00583. The normalized spacial score (nSPS) is 18.2. The van der Waals surface area contributed by atoms with Crippen LogP contribution in [0.2, 0.25) is 0 Å². The summed E-state index contributed by atoms with van der Waals surface area (Å²) in [5, 5.41) is 87.7. The van der Waals surface area contributed by atoms with Crippen LogP contribution in [0, 0.1) is 22.0 Å². The second kappa shape index (κ2) is 38.5. The number of amides is 10. The van der Waals surface area contributed by atoms with Crippen molar-refractivity contribution < 1.29 is 112 Å². The van der Waals surface area contributed by atoms with Gasteiger partial charge in [0, 0.05) is 63.7 Å². The van der Waals surface area contributed by atoms with E-state index in [-0.39, 0.29) is 75.2 Å². The molecule has 2 aliphatic heterocycles. The van der Waals surface area contributed by atoms with Gasteiger partial charge in [-0.3, -0.25) is 82.0 Å². The lowest BCUT2D eigenvalue weighted by molar-refractivity contribution is -0.384. The van der Waals surface area contributed by atoms with E-state index >= 15 is 0 Å². The molecule has 0 unspecified atom stereocenters. The molecule has 96 heavy (non-hydrogen) atoms. The number of carboxylic acid groups (broad SMARTS) is 6. The number of rotatable bonds is 40. The summed E-state index contributed by atoms with van der Waals surface area (Å²) >= 11 is 0. The van der Waals surface area contributed by atoms with Crippen LogP contribution in [0.25, 0.3) is 0 Å². The van der Waals surface area contributed by atoms with Gasteiger partial charge in [-0.1, -0.05) is 64.5 Å². The van der Waals surface area contributed by atoms with Crippen molar-refractivity contribution in [3.8, 4) is 0 Å². The number of aliphatic carboxylic acids is 6. The predicted molar refractivity (Wildman–Crippen MR) is 330 cm³/mol. The van der Waals surface area contributed by atoms with Gasteiger partial charge in [-0.25, -0.2) is 4.79 Å². The van der Waals surface area contributed by atoms with Crippen molar-refractivity contribution >= 4 is 101 Å². The fraction of sp³-hybridized carbons (Fsp3) is 0.639. The maximum atomic E-state index is 14.7. The quantitative estimate of drug-likeness (QED) is 0.0289. The molecular formula is C61H87N11O24. The molecule has 2 saturated heterocycles. The van der Waals surface area contributed by atoms with E-state index in [4.69, 9.17) is 10.2 Å². The van der Waals surface area contributed by atoms with E-state index in [0.29, 0.717) is 12.8 Å². The van der Waals surface area contributed by atoms with Crippen molar-refractivity contribution in [3.05, 3.63) is 39.9 Å². The molecule has 10 amide bonds. The van der Waals surface area contributed by atoms with Gasteiger partial charge in [-0.15, -0.1) is 0 Å². The lowest BCUT2D eigenvalue weighted by Gasteiger charge is -2.34. The minimum atomic E-state index is -1.77. The summed E-state index contributed by atoms with van der Waals surface area (Å²) in [4.78, 5) is 223. The fourth-order valence-electron chi connectivity index (χ4n) is 11.5. The highest BCUT2D eigenvalue weighted by atomic mass is 16.6. The first-order valence-corrected chi connectivity index (χ1v) is 31.9. The van der Waals surface area contributed by atoms with Crippen LogP contribution in [0.15, 0.2) is 24.3 Å². The van der Waals surface area contributed by atoms with E-state index in [9.17, 15) is 107 Å². The van der Waals surface area contributed by atoms with Crippen LogP contribution in [-0.2, 0) is 83.1 Å². The van der Waals surface area contributed by atoms with Gasteiger partial charge in [0.05, 0.1) is 11.3 Å². The van der Waals surface area contributed by atoms with Crippen LogP contribution in [-0.4, -0.2) is 214 Å². The summed E-state index contributed by atoms with van der Waals surface area (Å²) in [6, 6.07) is -10.4. The number of nitrogens with one attached hydrogen (secondary N) is 8. The highest BCUT2D eigenvalue weighted by Gasteiger charge is 2.44. The van der Waals surface area contributed by atoms with Crippen molar-refractivity contribution in [2.45, 2.75) is 222 Å². The van der Waals surface area contributed by atoms with Crippen molar-refractivity contribution in [2.75, 3.05) is 13.1 Å². The standard InChI is InChI=1S/C61H87N11O24/c1-4-32(2)51(69-58(90)44-13-8-28-70(44)59(91)39(20-25-48(78)79)66-55(87)41(63-45(73)22-27-50(82)83)31-35-14-16-36(17-15-35)72(95)96)60(92)71-29-9-12-43(71)57(89)65-38(19-24-47(76)77)54(86)64-37(18-23-46(74)75)53(85)62-33(3)52(84)68-42(30-34-10-6-5-7-11-34)56(88)67-40(61(93)94)21-26-49(80)81/h14-17,32-34,37-44,51H,4-13,18-31H2,1-3H3,(H,62,85)(H,63,73)(H,64,86)(H,65,89)(H,66,87)(H,67,88)(H,68,84)(H,69,90)(H,74,75)(H,76,77)(H,78,79)(H,80,81)(H,82,83)(H,93,94)/t32-,33-,37-,38-,39-,40+,41-,42-,43-,44-,51-/m0/s1. The fourth-order valence-corrected chi connectivity index (χ4v) is 11.5. The first kappa shape index (κ1) is 78.6. The zero-order valence-corrected chi connectivity index (χ0v) is 53.6. The van der Waals surface area contributed by atoms with Crippen LogP contribution in [0.1, 0.15) is 161 Å². The minimum Gasteiger partial charge on any atom is -0.481 e. The molecule has 0 aromatic heterocycles. The SMILES string of the molecule is CC[C@H](C)[C@H](NC(=O)[C@@H]1CCCN1C(=O)[C@H](CCC(=O)O)NC(=O)[C@H](Cc1ccc([N+](=O)[O-])cc1)NC(=O)CCC(=O)O)C(=O)N1CCC[C@H]1C(=O)N[C@@H](CCC(=O)O)C(=O)N[C@@H](CCC(=O)O)C(=O)N[C@@H](C)C(=O)N[C@@H](CC1CCCCC1)C(=O)N[C@H](CCC(=O)O)C(=O)O. The zero-order chi connectivity index (χ0) is 71.5. The van der Waals surface area contributed by atoms with Crippen molar-refractivity contribution in [3.63, 3.8) is 0 Å². The number of nitro groups is 1. The van der Waals surface area contributed by atoms with E-state index in [1.807, 2.05) is 0 Å². The molecule has 530 valence electrons. The number of carbonyl (C=O) groups is 16. The summed E-state index contributed by atoms with van der Waals surface area (Å²) in [6.45, 7) is 4.35. The maximum Gasteiger partial charge on any atom is 0.326 e. The Bertz CT molecular complexity index is 3030. The van der Waals surface area contributed by atoms with Gasteiger partial charge in [-0.2, -0.15) is 0 Å². The molecule has 1 aromatic carbocycles. The number of hydrogen-bond donors (Lipinski definition) is 14. The highest BCUT2D eigenvalue weighted by Crippen LogP contribution is 2.29. The predicted octanol–water partition coefficient (Wildman–Crippen LogP) is -0.557. The van der Waals surface area contributed by atoms with Gasteiger partial charge in [0.1, 0.15) is 60.4 Å². The third kappa shape index (κ3) is 25.5. The number of non-ortho nitro benzene ring substituents is 1. The molecular weight excluding hydrogens is 1270 g/mol. The zero-order valence-electron chi connectivity index (χ0n) is 53.6. The first-order chi connectivity index (χ1) is 45.3. The highest BCUT2D eigenvalue weighted by molar-refractivity contribution is 5.99. The first-order valence-electron chi connectivity index (χ1n) is 31.9. The van der Waals surface area contributed by atoms with Crippen molar-refractivity contribution in [1.82, 2.24) is 52.3 Å². The molecule has 1 aliphatic carbocycles. The lowest BCUT2D eigenvalue weighted by atomic mass is 9.84. The van der Waals surface area contributed by atoms with E-state index in [0.717, 1.165) is 41.2 Å². The molecule has 0 bridgehead atoms. The molecule has 0 radical (unpaired) electrons. The average molecular weight is 1360 g/mol. The number of nitrogens with zero attached hydrogens (tertiary/aromatic N) is 3. The average Bonchev–Trinajstić information content (AvgIpc) is 1.62. The van der Waals surface area contributed by atoms with Gasteiger partial charge in [0.15, 0.2) is 0 Å². The molecule has 3 fully saturated rings. The Morgan fingerprint density at radius 3 is 1.43 bits per heavy atom. The molecule has 35 nitrogen and oxygen atoms in total. The van der Waals surface area contributed by atoms with Crippen LogP contribution in [0.5, 0.6) is 0 Å². The number of hydrogen-bond acceptors (Lipinski definition) is 18. The third-order valence-electron chi connectivity index (χ3n) is 17.0. The molecule has 0 spiro atoms. The Balaban J connectivity index is 1.52. The third-order valence-corrected chi connectivity index (χ3v) is 17.0. The molecule has 35 heteroatoms. The molecule has 2 heterocycles. The monoisotopic (exact) mass is 1360 g/mol. The summed E-state index contributed by atoms with van der Waals surface area (Å²) in [7, 11) is 0. The molecule has 14 N–H and O–H groups in total. The van der Waals surface area contributed by atoms with Gasteiger partial charge < -0.3 is 83.0 Å². The Morgan fingerprint density at radius 2 is 0.917 bits per heavy atom. The summed E-state index contributed by atoms with van der Waals surface area (Å²) < 4.78 is 0. The summed E-state index contributed by atoms with van der Waals surface area (Å²) in [6.07, 6.45) is -1.87. The number of carboxylic acids is 6. The Kier molecular flexibility index (Phi) is 31.5. The number of nitro benzene ring substituents is 1. The van der Waals surface area contributed by atoms with E-state index in [2.05, 4.69) is 42.5 Å². The van der Waals surface area contributed by atoms with Crippen LogP contribution in [0.3, 0.4) is 0 Å². The Morgan fingerprint density at radius 1 is 0.479 bits per heavy atom. The van der Waals surface area contributed by atoms with Gasteiger partial charge in [0.2, 0.25) is 59.1 Å². The number of likely N-dealkylation sites (tertiary alicyclic amines) is 2. The number of benzene rings is 1. The van der Waals surface area contributed by atoms with E-state index < -0.39 is 230 Å².